The molecular formula is C19H19F2NO2. The fourth-order valence-corrected chi connectivity index (χ4v) is 3.42. The van der Waals surface area contributed by atoms with E-state index in [4.69, 9.17) is 5.11 Å². The van der Waals surface area contributed by atoms with Gasteiger partial charge in [-0.25, -0.2) is 13.6 Å². The highest BCUT2D eigenvalue weighted by Crippen LogP contribution is 2.44. The molecule has 0 bridgehead atoms. The summed E-state index contributed by atoms with van der Waals surface area (Å²) in [5.74, 6) is -1.23. The average Bonchev–Trinajstić information content (AvgIpc) is 2.48. The van der Waals surface area contributed by atoms with Crippen LogP contribution in [0.15, 0.2) is 36.4 Å². The van der Waals surface area contributed by atoms with Gasteiger partial charge in [0.25, 0.3) is 0 Å². The van der Waals surface area contributed by atoms with Gasteiger partial charge in [0.15, 0.2) is 0 Å². The third-order valence-corrected chi connectivity index (χ3v) is 4.74. The Bertz CT molecular complexity index is 782. The van der Waals surface area contributed by atoms with Crippen LogP contribution in [0, 0.1) is 17.0 Å². The standard InChI is InChI=1S/C19H19F2NO2/c1-19(2)6-5-12-7-11(13-8-14(20)10-15(21)9-13)3-4-16(12)17(19)22-18(23)24/h3-4,7-10,17,22H,5-6H2,1-2H3,(H,23,24)/t17-/m1/s1. The van der Waals surface area contributed by atoms with Gasteiger partial charge in [-0.1, -0.05) is 32.0 Å². The van der Waals surface area contributed by atoms with E-state index >= 15 is 0 Å². The Labute approximate surface area is 139 Å². The number of benzene rings is 2. The van der Waals surface area contributed by atoms with Crippen molar-refractivity contribution < 1.29 is 18.7 Å². The molecule has 0 saturated carbocycles. The summed E-state index contributed by atoms with van der Waals surface area (Å²) in [5.41, 5.74) is 2.94. The summed E-state index contributed by atoms with van der Waals surface area (Å²) in [7, 11) is 0. The van der Waals surface area contributed by atoms with E-state index in [1.807, 2.05) is 26.0 Å². The van der Waals surface area contributed by atoms with Crippen LogP contribution in [-0.4, -0.2) is 11.2 Å². The van der Waals surface area contributed by atoms with Gasteiger partial charge in [-0.05, 0) is 52.6 Å². The monoisotopic (exact) mass is 331 g/mol. The number of nitrogens with one attached hydrogen (secondary N) is 1. The van der Waals surface area contributed by atoms with Crippen LogP contribution in [-0.2, 0) is 6.42 Å². The zero-order valence-electron chi connectivity index (χ0n) is 13.6. The zero-order chi connectivity index (χ0) is 17.5. The van der Waals surface area contributed by atoms with Crippen LogP contribution in [0.3, 0.4) is 0 Å². The maximum Gasteiger partial charge on any atom is 0.405 e. The number of hydrogen-bond acceptors (Lipinski definition) is 1. The first-order valence-corrected chi connectivity index (χ1v) is 7.85. The molecule has 3 rings (SSSR count). The number of carboxylic acid groups (broad SMARTS) is 1. The first-order valence-electron chi connectivity index (χ1n) is 7.85. The van der Waals surface area contributed by atoms with Crippen molar-refractivity contribution in [2.24, 2.45) is 5.41 Å². The van der Waals surface area contributed by atoms with Gasteiger partial charge in [0.05, 0.1) is 6.04 Å². The maximum atomic E-state index is 13.4. The molecule has 1 amide bonds. The molecule has 2 aromatic carbocycles. The van der Waals surface area contributed by atoms with Crippen molar-refractivity contribution in [2.75, 3.05) is 0 Å². The van der Waals surface area contributed by atoms with Crippen molar-refractivity contribution in [3.8, 4) is 11.1 Å². The molecule has 0 spiro atoms. The predicted molar refractivity (Wildman–Crippen MR) is 87.8 cm³/mol. The lowest BCUT2D eigenvalue weighted by molar-refractivity contribution is 0.161. The Morgan fingerprint density at radius 3 is 2.42 bits per heavy atom. The van der Waals surface area contributed by atoms with Crippen molar-refractivity contribution in [1.29, 1.82) is 0 Å². The fourth-order valence-electron chi connectivity index (χ4n) is 3.42. The second-order valence-electron chi connectivity index (χ2n) is 6.94. The van der Waals surface area contributed by atoms with Gasteiger partial charge in [-0.2, -0.15) is 0 Å². The molecule has 2 aromatic rings. The molecule has 0 fully saturated rings. The summed E-state index contributed by atoms with van der Waals surface area (Å²) in [6.45, 7) is 4.07. The van der Waals surface area contributed by atoms with Gasteiger partial charge in [-0.15, -0.1) is 0 Å². The molecule has 126 valence electrons. The lowest BCUT2D eigenvalue weighted by Crippen LogP contribution is -2.40. The highest BCUT2D eigenvalue weighted by molar-refractivity contribution is 5.68. The lowest BCUT2D eigenvalue weighted by atomic mass is 9.70. The molecule has 24 heavy (non-hydrogen) atoms. The van der Waals surface area contributed by atoms with Crippen LogP contribution in [0.4, 0.5) is 13.6 Å². The van der Waals surface area contributed by atoms with Crippen molar-refractivity contribution >= 4 is 6.09 Å². The second kappa shape index (κ2) is 5.89. The number of carbonyl (C=O) groups is 1. The second-order valence-corrected chi connectivity index (χ2v) is 6.94. The Balaban J connectivity index is 2.04. The van der Waals surface area contributed by atoms with Crippen LogP contribution in [0.25, 0.3) is 11.1 Å². The van der Waals surface area contributed by atoms with Crippen molar-refractivity contribution in [3.63, 3.8) is 0 Å². The van der Waals surface area contributed by atoms with E-state index in [1.165, 1.54) is 12.1 Å². The summed E-state index contributed by atoms with van der Waals surface area (Å²) in [6.07, 6.45) is 0.565. The topological polar surface area (TPSA) is 49.3 Å². The number of fused-ring (bicyclic) bond motifs is 1. The third kappa shape index (κ3) is 3.11. The SMILES string of the molecule is CC1(C)CCc2cc(-c3cc(F)cc(F)c3)ccc2[C@H]1NC(=O)O. The Hall–Kier alpha value is -2.43. The van der Waals surface area contributed by atoms with Gasteiger partial charge < -0.3 is 10.4 Å². The van der Waals surface area contributed by atoms with Gasteiger partial charge in [-0.3, -0.25) is 0 Å². The van der Waals surface area contributed by atoms with E-state index in [-0.39, 0.29) is 11.5 Å². The van der Waals surface area contributed by atoms with Crippen molar-refractivity contribution in [1.82, 2.24) is 5.32 Å². The molecule has 3 nitrogen and oxygen atoms in total. The smallest absolute Gasteiger partial charge is 0.405 e. The largest absolute Gasteiger partial charge is 0.465 e. The van der Waals surface area contributed by atoms with Gasteiger partial charge in [0.1, 0.15) is 11.6 Å². The van der Waals surface area contributed by atoms with E-state index in [1.54, 1.807) is 6.07 Å². The minimum absolute atomic E-state index is 0.197. The molecule has 2 N–H and O–H groups in total. The van der Waals surface area contributed by atoms with Crippen LogP contribution < -0.4 is 5.32 Å². The van der Waals surface area contributed by atoms with Crippen LogP contribution >= 0.6 is 0 Å². The maximum absolute atomic E-state index is 13.4. The third-order valence-electron chi connectivity index (χ3n) is 4.74. The van der Waals surface area contributed by atoms with Crippen LogP contribution in [0.5, 0.6) is 0 Å². The van der Waals surface area contributed by atoms with Gasteiger partial charge in [0, 0.05) is 6.07 Å². The Kier molecular flexibility index (Phi) is 4.03. The van der Waals surface area contributed by atoms with Gasteiger partial charge >= 0.3 is 6.09 Å². The number of rotatable bonds is 2. The highest BCUT2D eigenvalue weighted by Gasteiger charge is 2.37. The Morgan fingerprint density at radius 2 is 1.79 bits per heavy atom. The molecule has 0 heterocycles. The fraction of sp³-hybridized carbons (Fsp3) is 0.316. The molecule has 0 radical (unpaired) electrons. The predicted octanol–water partition coefficient (Wildman–Crippen LogP) is 4.91. The summed E-state index contributed by atoms with van der Waals surface area (Å²) >= 11 is 0. The van der Waals surface area contributed by atoms with E-state index < -0.39 is 17.7 Å². The number of amides is 1. The van der Waals surface area contributed by atoms with Crippen LogP contribution in [0.1, 0.15) is 37.4 Å². The molecule has 0 aliphatic heterocycles. The lowest BCUT2D eigenvalue weighted by Gasteiger charge is -2.40. The molecule has 0 saturated heterocycles. The zero-order valence-corrected chi connectivity index (χ0v) is 13.6. The molecule has 0 unspecified atom stereocenters. The van der Waals surface area contributed by atoms with E-state index in [2.05, 4.69) is 5.32 Å². The first-order chi connectivity index (χ1) is 11.3. The minimum atomic E-state index is -1.06. The molecular weight excluding hydrogens is 312 g/mol. The van der Waals surface area contributed by atoms with Crippen LogP contribution in [0.2, 0.25) is 0 Å². The summed E-state index contributed by atoms with van der Waals surface area (Å²) in [6, 6.07) is 8.67. The van der Waals surface area contributed by atoms with Crippen molar-refractivity contribution in [3.05, 3.63) is 59.2 Å². The average molecular weight is 331 g/mol. The van der Waals surface area contributed by atoms with E-state index in [0.29, 0.717) is 5.56 Å². The summed E-state index contributed by atoms with van der Waals surface area (Å²) in [4.78, 5) is 11.1. The number of halogens is 2. The highest BCUT2D eigenvalue weighted by atomic mass is 19.1. The normalized spacial score (nSPS) is 18.8. The minimum Gasteiger partial charge on any atom is -0.465 e. The van der Waals surface area contributed by atoms with E-state index in [9.17, 15) is 13.6 Å². The summed E-state index contributed by atoms with van der Waals surface area (Å²) in [5, 5.41) is 11.7. The molecule has 1 aliphatic carbocycles. The quantitative estimate of drug-likeness (QED) is 0.821. The number of aryl methyl sites for hydroxylation is 1. The van der Waals surface area contributed by atoms with Crippen molar-refractivity contribution in [2.45, 2.75) is 32.7 Å². The van der Waals surface area contributed by atoms with Gasteiger partial charge in [0.2, 0.25) is 0 Å². The Morgan fingerprint density at radius 1 is 1.12 bits per heavy atom. The molecule has 1 aliphatic rings. The number of hydrogen-bond donors (Lipinski definition) is 2. The first kappa shape index (κ1) is 16.4. The molecule has 1 atom stereocenters. The molecule has 5 heteroatoms. The summed E-state index contributed by atoms with van der Waals surface area (Å²) < 4.78 is 26.9. The van der Waals surface area contributed by atoms with E-state index in [0.717, 1.165) is 35.6 Å². The molecule has 0 aromatic heterocycles.